The van der Waals surface area contributed by atoms with Crippen LogP contribution in [0.15, 0.2) is 78.9 Å². The van der Waals surface area contributed by atoms with Gasteiger partial charge in [-0.2, -0.15) is 0 Å². The van der Waals surface area contributed by atoms with Gasteiger partial charge in [-0.1, -0.05) is 80.2 Å². The molecule has 3 aromatic carbocycles. The molecule has 1 heterocycles. The normalized spacial score (nSPS) is 14.4. The van der Waals surface area contributed by atoms with Crippen LogP contribution in [-0.4, -0.2) is 53.8 Å². The lowest BCUT2D eigenvalue weighted by atomic mass is 10.0. The molecule has 1 aliphatic heterocycles. The molecule has 4 rings (SSSR count). The summed E-state index contributed by atoms with van der Waals surface area (Å²) in [5, 5.41) is 6.74. The highest BCUT2D eigenvalue weighted by atomic mass is 32.2. The Labute approximate surface area is 266 Å². The molecule has 0 saturated heterocycles. The Kier molecular flexibility index (Phi) is 10.9. The molecular weight excluding hydrogens is 592 g/mol. The average molecular weight is 629 g/mol. The SMILES string of the molecule is CNC(=O)[C@H](Cc1ccccc1)NC(=O)[C@H](CC(C)C)NC(=O)C(SC(C)=O)c1cccc(N2C(=O)c3ccccc3C2=O)c1. The first-order chi connectivity index (χ1) is 21.5. The third-order valence-electron chi connectivity index (χ3n) is 7.25. The highest BCUT2D eigenvalue weighted by Gasteiger charge is 2.37. The lowest BCUT2D eigenvalue weighted by Gasteiger charge is -2.26. The van der Waals surface area contributed by atoms with Crippen molar-refractivity contribution in [3.63, 3.8) is 0 Å². The standard InChI is InChI=1S/C34H36N4O6S/c1-20(2)17-27(31(41)36-28(30(40)35-4)18-22-11-6-5-7-12-22)37-32(42)29(45-21(3)39)23-13-10-14-24(19-23)38-33(43)25-15-8-9-16-26(25)34(38)44/h5-16,19-20,27-29H,17-18H2,1-4H3,(H,35,40)(H,36,41)(H,37,42)/t27-,28-,29?/m0/s1. The monoisotopic (exact) mass is 628 g/mol. The Hall–Kier alpha value is -4.77. The lowest BCUT2D eigenvalue weighted by Crippen LogP contribution is -2.54. The lowest BCUT2D eigenvalue weighted by molar-refractivity contribution is -0.132. The van der Waals surface area contributed by atoms with Crippen molar-refractivity contribution >= 4 is 52.1 Å². The molecule has 45 heavy (non-hydrogen) atoms. The van der Waals surface area contributed by atoms with E-state index in [9.17, 15) is 28.8 Å². The summed E-state index contributed by atoms with van der Waals surface area (Å²) in [7, 11) is 1.49. The summed E-state index contributed by atoms with van der Waals surface area (Å²) in [6, 6.07) is 20.2. The van der Waals surface area contributed by atoms with Gasteiger partial charge >= 0.3 is 0 Å². The van der Waals surface area contributed by atoms with Crippen molar-refractivity contribution in [3.05, 3.63) is 101 Å². The molecule has 0 saturated carbocycles. The fourth-order valence-corrected chi connectivity index (χ4v) is 5.94. The third-order valence-corrected chi connectivity index (χ3v) is 8.30. The van der Waals surface area contributed by atoms with Gasteiger partial charge in [0.1, 0.15) is 17.3 Å². The van der Waals surface area contributed by atoms with E-state index in [1.165, 1.54) is 20.0 Å². The molecule has 5 amide bonds. The minimum atomic E-state index is -1.08. The number of rotatable bonds is 12. The summed E-state index contributed by atoms with van der Waals surface area (Å²) >= 11 is 0.763. The van der Waals surface area contributed by atoms with E-state index < -0.39 is 41.0 Å². The summed E-state index contributed by atoms with van der Waals surface area (Å²) in [6.07, 6.45) is 0.526. The molecule has 3 N–H and O–H groups in total. The minimum Gasteiger partial charge on any atom is -0.357 e. The molecule has 3 aromatic rings. The maximum atomic E-state index is 13.8. The molecule has 1 unspecified atom stereocenters. The van der Waals surface area contributed by atoms with E-state index in [1.807, 2.05) is 44.2 Å². The molecular formula is C34H36N4O6S. The topological polar surface area (TPSA) is 142 Å². The Morgan fingerprint density at radius 3 is 1.93 bits per heavy atom. The maximum Gasteiger partial charge on any atom is 0.266 e. The van der Waals surface area contributed by atoms with Crippen LogP contribution in [0.4, 0.5) is 5.69 Å². The van der Waals surface area contributed by atoms with Crippen LogP contribution in [0, 0.1) is 5.92 Å². The van der Waals surface area contributed by atoms with Crippen LogP contribution in [0.3, 0.4) is 0 Å². The van der Waals surface area contributed by atoms with Crippen LogP contribution in [-0.2, 0) is 25.6 Å². The Morgan fingerprint density at radius 2 is 1.36 bits per heavy atom. The molecule has 11 heteroatoms. The zero-order chi connectivity index (χ0) is 32.7. The van der Waals surface area contributed by atoms with Gasteiger partial charge in [0.05, 0.1) is 16.8 Å². The van der Waals surface area contributed by atoms with Crippen LogP contribution < -0.4 is 20.9 Å². The summed E-state index contributed by atoms with van der Waals surface area (Å²) < 4.78 is 0. The van der Waals surface area contributed by atoms with Crippen LogP contribution in [0.25, 0.3) is 0 Å². The molecule has 1 aliphatic rings. The van der Waals surface area contributed by atoms with Crippen LogP contribution in [0.2, 0.25) is 0 Å². The number of amides is 5. The van der Waals surface area contributed by atoms with Crippen molar-refractivity contribution in [2.75, 3.05) is 11.9 Å². The minimum absolute atomic E-state index is 0.00434. The van der Waals surface area contributed by atoms with E-state index in [2.05, 4.69) is 16.0 Å². The highest BCUT2D eigenvalue weighted by molar-refractivity contribution is 8.14. The number of fused-ring (bicyclic) bond motifs is 1. The number of hydrogen-bond donors (Lipinski definition) is 3. The number of likely N-dealkylation sites (N-methyl/N-ethyl adjacent to an activating group) is 1. The number of nitrogens with one attached hydrogen (secondary N) is 3. The number of thioether (sulfide) groups is 1. The third kappa shape index (κ3) is 8.04. The zero-order valence-corrected chi connectivity index (χ0v) is 26.4. The molecule has 0 aliphatic carbocycles. The largest absolute Gasteiger partial charge is 0.357 e. The summed E-state index contributed by atoms with van der Waals surface area (Å²) in [4.78, 5) is 79.6. The van der Waals surface area contributed by atoms with Gasteiger partial charge in [-0.15, -0.1) is 0 Å². The molecule has 0 spiro atoms. The number of nitrogens with zero attached hydrogens (tertiary/aromatic N) is 1. The van der Waals surface area contributed by atoms with E-state index in [-0.39, 0.29) is 46.6 Å². The van der Waals surface area contributed by atoms with Gasteiger partial charge in [-0.3, -0.25) is 28.8 Å². The smallest absolute Gasteiger partial charge is 0.266 e. The van der Waals surface area contributed by atoms with Gasteiger partial charge in [0.15, 0.2) is 5.12 Å². The van der Waals surface area contributed by atoms with Crippen LogP contribution >= 0.6 is 11.8 Å². The number of hydrogen-bond acceptors (Lipinski definition) is 7. The van der Waals surface area contributed by atoms with Gasteiger partial charge in [0.2, 0.25) is 17.7 Å². The van der Waals surface area contributed by atoms with Crippen LogP contribution in [0.5, 0.6) is 0 Å². The van der Waals surface area contributed by atoms with Crippen molar-refractivity contribution in [2.45, 2.75) is 50.9 Å². The molecule has 10 nitrogen and oxygen atoms in total. The van der Waals surface area contributed by atoms with E-state index in [0.717, 1.165) is 22.2 Å². The highest BCUT2D eigenvalue weighted by Crippen LogP contribution is 2.34. The molecule has 0 fully saturated rings. The quantitative estimate of drug-likeness (QED) is 0.259. The fraction of sp³-hybridized carbons (Fsp3) is 0.294. The van der Waals surface area contributed by atoms with E-state index in [0.29, 0.717) is 5.56 Å². The van der Waals surface area contributed by atoms with Crippen molar-refractivity contribution in [1.82, 2.24) is 16.0 Å². The predicted molar refractivity (Wildman–Crippen MR) is 173 cm³/mol. The molecule has 0 radical (unpaired) electrons. The molecule has 0 bridgehead atoms. The van der Waals surface area contributed by atoms with Crippen molar-refractivity contribution in [3.8, 4) is 0 Å². The molecule has 234 valence electrons. The van der Waals surface area contributed by atoms with Crippen molar-refractivity contribution in [2.24, 2.45) is 5.92 Å². The van der Waals surface area contributed by atoms with Gasteiger partial charge in [-0.25, -0.2) is 4.90 Å². The van der Waals surface area contributed by atoms with Gasteiger partial charge in [0.25, 0.3) is 11.8 Å². The predicted octanol–water partition coefficient (Wildman–Crippen LogP) is 3.81. The number of carbonyl (C=O) groups is 6. The molecule has 0 aromatic heterocycles. The average Bonchev–Trinajstić information content (AvgIpc) is 3.28. The van der Waals surface area contributed by atoms with E-state index in [1.54, 1.807) is 42.5 Å². The van der Waals surface area contributed by atoms with Gasteiger partial charge in [0, 0.05) is 20.4 Å². The van der Waals surface area contributed by atoms with E-state index in [4.69, 9.17) is 0 Å². The number of carbonyl (C=O) groups excluding carboxylic acids is 6. The van der Waals surface area contributed by atoms with Crippen molar-refractivity contribution < 1.29 is 28.8 Å². The van der Waals surface area contributed by atoms with Crippen molar-refractivity contribution in [1.29, 1.82) is 0 Å². The summed E-state index contributed by atoms with van der Waals surface area (Å²) in [5.41, 5.74) is 2.05. The number of anilines is 1. The summed E-state index contributed by atoms with van der Waals surface area (Å²) in [6.45, 7) is 5.13. The number of benzene rings is 3. The first-order valence-corrected chi connectivity index (χ1v) is 15.5. The second kappa shape index (κ2) is 14.8. The Morgan fingerprint density at radius 1 is 0.756 bits per heavy atom. The second-order valence-electron chi connectivity index (χ2n) is 11.1. The van der Waals surface area contributed by atoms with E-state index >= 15 is 0 Å². The zero-order valence-electron chi connectivity index (χ0n) is 25.5. The fourth-order valence-electron chi connectivity index (χ4n) is 5.15. The Bertz CT molecular complexity index is 1570. The van der Waals surface area contributed by atoms with Crippen LogP contribution in [0.1, 0.15) is 64.3 Å². The summed E-state index contributed by atoms with van der Waals surface area (Å²) in [5.74, 6) is -2.48. The van der Waals surface area contributed by atoms with Gasteiger partial charge in [-0.05, 0) is 47.7 Å². The maximum absolute atomic E-state index is 13.8. The Balaban J connectivity index is 1.58. The first kappa shape index (κ1) is 33.1. The second-order valence-corrected chi connectivity index (χ2v) is 12.4. The number of imide groups is 1. The molecule has 3 atom stereocenters. The van der Waals surface area contributed by atoms with Gasteiger partial charge < -0.3 is 16.0 Å². The first-order valence-electron chi connectivity index (χ1n) is 14.6.